The zero-order valence-corrected chi connectivity index (χ0v) is 19.5. The Morgan fingerprint density at radius 1 is 1.19 bits per heavy atom. The molecule has 174 valence electrons. The van der Waals surface area contributed by atoms with E-state index < -0.39 is 16.1 Å². The third kappa shape index (κ3) is 7.24. The Hall–Kier alpha value is -3.11. The first-order valence-electron chi connectivity index (χ1n) is 10.1. The molecule has 0 atom stereocenters. The minimum Gasteiger partial charge on any atom is -0.507 e. The molecule has 32 heavy (non-hydrogen) atoms. The molecule has 2 aromatic rings. The van der Waals surface area contributed by atoms with Crippen molar-refractivity contribution in [3.8, 4) is 5.75 Å². The number of nitrogens with zero attached hydrogens (tertiary/aromatic N) is 1. The standard InChI is InChI=1S/C22H29N3O6S/c1-5-25(9-8-23-32(4,29)30)19-6-7-20(16(3)11-19)24-22(28)31-14-18-12-21(27)17(13-26)10-15(18)2/h6-7,10-13,23,27H,5,8-9,14H2,1-4H3,(H,24,28). The molecular formula is C22H29N3O6S. The number of amides is 1. The number of nitrogens with one attached hydrogen (secondary N) is 2. The van der Waals surface area contributed by atoms with Gasteiger partial charge in [0.25, 0.3) is 0 Å². The van der Waals surface area contributed by atoms with Crippen molar-refractivity contribution in [3.63, 3.8) is 0 Å². The molecule has 2 rings (SSSR count). The summed E-state index contributed by atoms with van der Waals surface area (Å²) < 4.78 is 30.2. The van der Waals surface area contributed by atoms with Crippen LogP contribution in [0.1, 0.15) is 34.0 Å². The normalized spacial score (nSPS) is 11.1. The number of benzene rings is 2. The molecule has 1 amide bonds. The van der Waals surface area contributed by atoms with Crippen LogP contribution >= 0.6 is 0 Å². The Kier molecular flexibility index (Phi) is 8.62. The van der Waals surface area contributed by atoms with Crippen LogP contribution in [0.5, 0.6) is 5.75 Å². The summed E-state index contributed by atoms with van der Waals surface area (Å²) in [5, 5.41) is 12.5. The van der Waals surface area contributed by atoms with Crippen LogP contribution in [0.3, 0.4) is 0 Å². The molecule has 0 spiro atoms. The van der Waals surface area contributed by atoms with Gasteiger partial charge in [-0.3, -0.25) is 10.1 Å². The van der Waals surface area contributed by atoms with E-state index in [4.69, 9.17) is 4.74 Å². The molecule has 0 aromatic heterocycles. The van der Waals surface area contributed by atoms with Crippen LogP contribution in [0.25, 0.3) is 0 Å². The van der Waals surface area contributed by atoms with Crippen LogP contribution in [0, 0.1) is 13.8 Å². The molecule has 0 fully saturated rings. The summed E-state index contributed by atoms with van der Waals surface area (Å²) in [4.78, 5) is 25.1. The van der Waals surface area contributed by atoms with Gasteiger partial charge in [-0.2, -0.15) is 0 Å². The highest BCUT2D eigenvalue weighted by atomic mass is 32.2. The van der Waals surface area contributed by atoms with Gasteiger partial charge in [0.05, 0.1) is 11.8 Å². The van der Waals surface area contributed by atoms with Crippen molar-refractivity contribution in [2.24, 2.45) is 0 Å². The second-order valence-electron chi connectivity index (χ2n) is 7.40. The van der Waals surface area contributed by atoms with Crippen molar-refractivity contribution in [1.82, 2.24) is 4.72 Å². The summed E-state index contributed by atoms with van der Waals surface area (Å²) in [6, 6.07) is 8.44. The van der Waals surface area contributed by atoms with Gasteiger partial charge in [0.2, 0.25) is 10.0 Å². The average Bonchev–Trinajstić information content (AvgIpc) is 2.72. The molecule has 2 aromatic carbocycles. The van der Waals surface area contributed by atoms with Gasteiger partial charge in [0.15, 0.2) is 6.29 Å². The number of hydrogen-bond donors (Lipinski definition) is 3. The molecule has 9 nitrogen and oxygen atoms in total. The van der Waals surface area contributed by atoms with Gasteiger partial charge in [0.1, 0.15) is 12.4 Å². The maximum absolute atomic E-state index is 12.2. The first kappa shape index (κ1) is 25.2. The number of ether oxygens (including phenoxy) is 1. The number of phenolic OH excluding ortho intramolecular Hbond substituents is 1. The van der Waals surface area contributed by atoms with E-state index in [1.807, 2.05) is 30.9 Å². The summed E-state index contributed by atoms with van der Waals surface area (Å²) >= 11 is 0. The molecule has 10 heteroatoms. The van der Waals surface area contributed by atoms with Gasteiger partial charge >= 0.3 is 6.09 Å². The molecular weight excluding hydrogens is 434 g/mol. The third-order valence-electron chi connectivity index (χ3n) is 4.91. The van der Waals surface area contributed by atoms with E-state index in [2.05, 4.69) is 10.0 Å². The lowest BCUT2D eigenvalue weighted by Gasteiger charge is -2.24. The molecule has 0 aliphatic carbocycles. The monoisotopic (exact) mass is 463 g/mol. The second kappa shape index (κ2) is 11.0. The Morgan fingerprint density at radius 3 is 2.50 bits per heavy atom. The summed E-state index contributed by atoms with van der Waals surface area (Å²) in [6.45, 7) is 7.01. The Bertz CT molecular complexity index is 1090. The number of sulfonamides is 1. The van der Waals surface area contributed by atoms with Crippen molar-refractivity contribution >= 4 is 33.8 Å². The van der Waals surface area contributed by atoms with E-state index in [-0.39, 0.29) is 17.9 Å². The number of aryl methyl sites for hydroxylation is 2. The lowest BCUT2D eigenvalue weighted by molar-refractivity contribution is 0.112. The van der Waals surface area contributed by atoms with E-state index >= 15 is 0 Å². The number of hydrogen-bond acceptors (Lipinski definition) is 7. The molecule has 0 saturated carbocycles. The van der Waals surface area contributed by atoms with E-state index in [1.165, 1.54) is 12.1 Å². The van der Waals surface area contributed by atoms with Crippen molar-refractivity contribution in [2.75, 3.05) is 36.1 Å². The van der Waals surface area contributed by atoms with Crippen LogP contribution in [-0.2, 0) is 21.4 Å². The Morgan fingerprint density at radius 2 is 1.91 bits per heavy atom. The topological polar surface area (TPSA) is 125 Å². The molecule has 0 aliphatic rings. The zero-order chi connectivity index (χ0) is 23.9. The molecule has 0 aliphatic heterocycles. The largest absolute Gasteiger partial charge is 0.507 e. The fourth-order valence-electron chi connectivity index (χ4n) is 3.12. The summed E-state index contributed by atoms with van der Waals surface area (Å²) in [5.41, 5.74) is 3.80. The van der Waals surface area contributed by atoms with Crippen LogP contribution in [0.2, 0.25) is 0 Å². The zero-order valence-electron chi connectivity index (χ0n) is 18.6. The first-order valence-corrected chi connectivity index (χ1v) is 11.9. The maximum Gasteiger partial charge on any atom is 0.411 e. The third-order valence-corrected chi connectivity index (χ3v) is 5.64. The fourth-order valence-corrected chi connectivity index (χ4v) is 3.58. The van der Waals surface area contributed by atoms with Crippen LogP contribution in [0.15, 0.2) is 30.3 Å². The molecule has 3 N–H and O–H groups in total. The van der Waals surface area contributed by atoms with Crippen molar-refractivity contribution in [2.45, 2.75) is 27.4 Å². The number of carbonyl (C=O) groups is 2. The number of aromatic hydroxyl groups is 1. The van der Waals surface area contributed by atoms with Gasteiger partial charge in [-0.1, -0.05) is 0 Å². The Labute approximate surface area is 188 Å². The number of phenols is 1. The Balaban J connectivity index is 1.99. The smallest absolute Gasteiger partial charge is 0.411 e. The van der Waals surface area contributed by atoms with Crippen LogP contribution < -0.4 is 14.9 Å². The van der Waals surface area contributed by atoms with E-state index in [0.717, 1.165) is 23.1 Å². The number of aldehydes is 1. The van der Waals surface area contributed by atoms with Gasteiger partial charge in [-0.05, 0) is 67.8 Å². The molecule has 0 heterocycles. The molecule has 0 saturated heterocycles. The maximum atomic E-state index is 12.2. The van der Waals surface area contributed by atoms with Crippen molar-refractivity contribution < 1.29 is 27.9 Å². The van der Waals surface area contributed by atoms with Gasteiger partial charge in [0, 0.05) is 31.0 Å². The van der Waals surface area contributed by atoms with Crippen molar-refractivity contribution in [1.29, 1.82) is 0 Å². The highest BCUT2D eigenvalue weighted by molar-refractivity contribution is 7.88. The lowest BCUT2D eigenvalue weighted by atomic mass is 10.1. The van der Waals surface area contributed by atoms with Gasteiger partial charge in [-0.25, -0.2) is 17.9 Å². The van der Waals surface area contributed by atoms with Crippen molar-refractivity contribution in [3.05, 3.63) is 52.6 Å². The van der Waals surface area contributed by atoms with E-state index in [0.29, 0.717) is 37.2 Å². The highest BCUT2D eigenvalue weighted by Gasteiger charge is 2.12. The summed E-state index contributed by atoms with van der Waals surface area (Å²) in [5.74, 6) is -0.164. The molecule has 0 bridgehead atoms. The minimum absolute atomic E-state index is 0.0571. The number of likely N-dealkylation sites (N-methyl/N-ethyl adjacent to an activating group) is 1. The minimum atomic E-state index is -3.24. The van der Waals surface area contributed by atoms with Gasteiger partial charge < -0.3 is 14.7 Å². The molecule has 0 radical (unpaired) electrons. The van der Waals surface area contributed by atoms with Gasteiger partial charge in [-0.15, -0.1) is 0 Å². The van der Waals surface area contributed by atoms with Crippen LogP contribution in [0.4, 0.5) is 16.2 Å². The first-order chi connectivity index (χ1) is 15.0. The lowest BCUT2D eigenvalue weighted by Crippen LogP contribution is -2.34. The molecule has 0 unspecified atom stereocenters. The van der Waals surface area contributed by atoms with E-state index in [9.17, 15) is 23.1 Å². The summed E-state index contributed by atoms with van der Waals surface area (Å²) in [6.07, 6.45) is 1.04. The number of anilines is 2. The predicted octanol–water partition coefficient (Wildman–Crippen LogP) is 2.95. The van der Waals surface area contributed by atoms with Crippen LogP contribution in [-0.4, -0.2) is 51.8 Å². The number of rotatable bonds is 10. The summed E-state index contributed by atoms with van der Waals surface area (Å²) in [7, 11) is -3.24. The average molecular weight is 464 g/mol. The second-order valence-corrected chi connectivity index (χ2v) is 9.23. The highest BCUT2D eigenvalue weighted by Crippen LogP contribution is 2.24. The SMILES string of the molecule is CCN(CCNS(C)(=O)=O)c1ccc(NC(=O)OCc2cc(O)c(C=O)cc2C)c(C)c1. The van der Waals surface area contributed by atoms with E-state index in [1.54, 1.807) is 13.0 Å². The fraction of sp³-hybridized carbons (Fsp3) is 0.364. The predicted molar refractivity (Wildman–Crippen MR) is 124 cm³/mol. The number of carbonyl (C=O) groups excluding carboxylic acids is 2. The quantitative estimate of drug-likeness (QED) is 0.463.